The number of hydrogen-bond donors (Lipinski definition) is 0. The van der Waals surface area contributed by atoms with Gasteiger partial charge in [-0.2, -0.15) is 0 Å². The molecule has 1 saturated heterocycles. The van der Waals surface area contributed by atoms with Crippen LogP contribution in [0, 0.1) is 15.9 Å². The molecular weight excluding hydrogens is 351 g/mol. The quantitative estimate of drug-likeness (QED) is 0.356. The molecular formula is C16H9FN2O3S2. The Morgan fingerprint density at radius 3 is 2.58 bits per heavy atom. The Balaban J connectivity index is 1.92. The Bertz CT molecular complexity index is 881. The van der Waals surface area contributed by atoms with Crippen molar-refractivity contribution in [2.45, 2.75) is 0 Å². The number of carbonyl (C=O) groups excluding carboxylic acids is 1. The summed E-state index contributed by atoms with van der Waals surface area (Å²) < 4.78 is 13.3. The van der Waals surface area contributed by atoms with Gasteiger partial charge in [0.05, 0.1) is 15.5 Å². The fraction of sp³-hybridized carbons (Fsp3) is 0. The number of carbonyl (C=O) groups is 1. The van der Waals surface area contributed by atoms with Gasteiger partial charge in [0.25, 0.3) is 11.6 Å². The van der Waals surface area contributed by atoms with Gasteiger partial charge < -0.3 is 0 Å². The van der Waals surface area contributed by atoms with Crippen molar-refractivity contribution in [3.05, 3.63) is 74.9 Å². The predicted molar refractivity (Wildman–Crippen MR) is 95.1 cm³/mol. The number of amides is 1. The monoisotopic (exact) mass is 360 g/mol. The number of hydrogen-bond acceptors (Lipinski definition) is 5. The van der Waals surface area contributed by atoms with E-state index in [-0.39, 0.29) is 11.6 Å². The highest BCUT2D eigenvalue weighted by Crippen LogP contribution is 2.36. The van der Waals surface area contributed by atoms with Crippen molar-refractivity contribution in [3.63, 3.8) is 0 Å². The molecule has 2 aromatic carbocycles. The van der Waals surface area contributed by atoms with Gasteiger partial charge in [0.1, 0.15) is 5.82 Å². The van der Waals surface area contributed by atoms with Crippen LogP contribution in [0.3, 0.4) is 0 Å². The van der Waals surface area contributed by atoms with Crippen LogP contribution in [-0.4, -0.2) is 15.2 Å². The SMILES string of the molecule is O=C1/C(=C/c2cccc([N+](=O)[O-])c2)SC(=S)N1c1ccc(F)cc1. The van der Waals surface area contributed by atoms with Crippen LogP contribution in [0.25, 0.3) is 6.08 Å². The second-order valence-electron chi connectivity index (χ2n) is 4.85. The van der Waals surface area contributed by atoms with Gasteiger partial charge in [0.15, 0.2) is 4.32 Å². The fourth-order valence-electron chi connectivity index (χ4n) is 2.16. The number of nitro groups is 1. The third kappa shape index (κ3) is 3.19. The summed E-state index contributed by atoms with van der Waals surface area (Å²) >= 11 is 6.31. The molecule has 120 valence electrons. The molecule has 0 N–H and O–H groups in total. The molecule has 0 unspecified atom stereocenters. The second-order valence-corrected chi connectivity index (χ2v) is 6.52. The van der Waals surface area contributed by atoms with Crippen LogP contribution >= 0.6 is 24.0 Å². The molecule has 0 atom stereocenters. The number of non-ortho nitro benzene ring substituents is 1. The molecule has 0 saturated carbocycles. The molecule has 0 radical (unpaired) electrons. The van der Waals surface area contributed by atoms with Gasteiger partial charge in [-0.1, -0.05) is 36.1 Å². The lowest BCUT2D eigenvalue weighted by Crippen LogP contribution is -2.27. The number of rotatable bonds is 3. The summed E-state index contributed by atoms with van der Waals surface area (Å²) in [7, 11) is 0. The first-order chi connectivity index (χ1) is 11.5. The standard InChI is InChI=1S/C16H9FN2O3S2/c17-11-4-6-12(7-5-11)18-15(20)14(24-16(18)23)9-10-2-1-3-13(8-10)19(21)22/h1-9H/b14-9-. The Morgan fingerprint density at radius 1 is 1.21 bits per heavy atom. The van der Waals surface area contributed by atoms with E-state index in [2.05, 4.69) is 0 Å². The topological polar surface area (TPSA) is 63.4 Å². The number of anilines is 1. The number of halogens is 1. The molecule has 0 aromatic heterocycles. The minimum Gasteiger partial charge on any atom is -0.268 e. The normalized spacial score (nSPS) is 16.0. The molecule has 3 rings (SSSR count). The molecule has 1 aliphatic heterocycles. The van der Waals surface area contributed by atoms with Crippen LogP contribution in [0.5, 0.6) is 0 Å². The molecule has 0 aliphatic carbocycles. The second kappa shape index (κ2) is 6.50. The predicted octanol–water partition coefficient (Wildman–Crippen LogP) is 4.14. The van der Waals surface area contributed by atoms with Gasteiger partial charge in [-0.25, -0.2) is 4.39 Å². The fourth-order valence-corrected chi connectivity index (χ4v) is 3.46. The maximum Gasteiger partial charge on any atom is 0.270 e. The Kier molecular flexibility index (Phi) is 4.41. The summed E-state index contributed by atoms with van der Waals surface area (Å²) in [6, 6.07) is 11.4. The van der Waals surface area contributed by atoms with Crippen LogP contribution in [0.15, 0.2) is 53.4 Å². The number of thiocarbonyl (C=S) groups is 1. The lowest BCUT2D eigenvalue weighted by molar-refractivity contribution is -0.384. The van der Waals surface area contributed by atoms with Crippen molar-refractivity contribution in [3.8, 4) is 0 Å². The highest BCUT2D eigenvalue weighted by atomic mass is 32.2. The average Bonchev–Trinajstić information content (AvgIpc) is 2.83. The third-order valence-corrected chi connectivity index (χ3v) is 4.56. The maximum atomic E-state index is 13.0. The molecule has 1 heterocycles. The first-order valence-electron chi connectivity index (χ1n) is 6.74. The van der Waals surface area contributed by atoms with Crippen molar-refractivity contribution in [2.24, 2.45) is 0 Å². The molecule has 24 heavy (non-hydrogen) atoms. The molecule has 0 spiro atoms. The molecule has 0 bridgehead atoms. The van der Waals surface area contributed by atoms with Crippen LogP contribution < -0.4 is 4.90 Å². The summed E-state index contributed by atoms with van der Waals surface area (Å²) in [5, 5.41) is 10.8. The van der Waals surface area contributed by atoms with Gasteiger partial charge in [0, 0.05) is 12.1 Å². The number of nitro benzene ring substituents is 1. The summed E-state index contributed by atoms with van der Waals surface area (Å²) in [5.74, 6) is -0.751. The zero-order valence-electron chi connectivity index (χ0n) is 12.0. The molecule has 1 aliphatic rings. The first-order valence-corrected chi connectivity index (χ1v) is 7.96. The Morgan fingerprint density at radius 2 is 1.92 bits per heavy atom. The largest absolute Gasteiger partial charge is 0.270 e. The first kappa shape index (κ1) is 16.3. The molecule has 2 aromatic rings. The van der Waals surface area contributed by atoms with Crippen molar-refractivity contribution in [1.82, 2.24) is 0 Å². The minimum atomic E-state index is -0.499. The lowest BCUT2D eigenvalue weighted by Gasteiger charge is -2.14. The van der Waals surface area contributed by atoms with Crippen LogP contribution in [0.1, 0.15) is 5.56 Å². The van der Waals surface area contributed by atoms with Crippen molar-refractivity contribution in [2.75, 3.05) is 4.90 Å². The highest BCUT2D eigenvalue weighted by molar-refractivity contribution is 8.27. The summed E-state index contributed by atoms with van der Waals surface area (Å²) in [4.78, 5) is 24.5. The van der Waals surface area contributed by atoms with Gasteiger partial charge in [-0.15, -0.1) is 0 Å². The van der Waals surface area contributed by atoms with Crippen LogP contribution in [0.2, 0.25) is 0 Å². The summed E-state index contributed by atoms with van der Waals surface area (Å²) in [6.45, 7) is 0. The van der Waals surface area contributed by atoms with Crippen LogP contribution in [0.4, 0.5) is 15.8 Å². The van der Waals surface area contributed by atoms with Gasteiger partial charge in [0.2, 0.25) is 0 Å². The number of benzene rings is 2. The number of thioether (sulfide) groups is 1. The van der Waals surface area contributed by atoms with E-state index in [4.69, 9.17) is 12.2 Å². The van der Waals surface area contributed by atoms with Crippen molar-refractivity contribution in [1.29, 1.82) is 0 Å². The van der Waals surface area contributed by atoms with Crippen molar-refractivity contribution < 1.29 is 14.1 Å². The Hall–Kier alpha value is -2.58. The van der Waals surface area contributed by atoms with E-state index < -0.39 is 10.7 Å². The van der Waals surface area contributed by atoms with E-state index in [9.17, 15) is 19.3 Å². The highest BCUT2D eigenvalue weighted by Gasteiger charge is 2.33. The maximum absolute atomic E-state index is 13.0. The van der Waals surface area contributed by atoms with Crippen LogP contribution in [-0.2, 0) is 4.79 Å². The van der Waals surface area contributed by atoms with E-state index in [1.54, 1.807) is 18.2 Å². The van der Waals surface area contributed by atoms with Gasteiger partial charge in [-0.3, -0.25) is 19.8 Å². The number of nitrogens with zero attached hydrogens (tertiary/aromatic N) is 2. The smallest absolute Gasteiger partial charge is 0.268 e. The van der Waals surface area contributed by atoms with E-state index >= 15 is 0 Å². The summed E-state index contributed by atoms with van der Waals surface area (Å²) in [6.07, 6.45) is 1.55. The average molecular weight is 360 g/mol. The lowest BCUT2D eigenvalue weighted by atomic mass is 10.2. The summed E-state index contributed by atoms with van der Waals surface area (Å²) in [5.41, 5.74) is 0.947. The zero-order chi connectivity index (χ0) is 17.3. The molecule has 1 fully saturated rings. The van der Waals surface area contributed by atoms with Gasteiger partial charge in [-0.05, 0) is 35.9 Å². The van der Waals surface area contributed by atoms with Crippen molar-refractivity contribution >= 4 is 51.7 Å². The van der Waals surface area contributed by atoms with E-state index in [1.807, 2.05) is 0 Å². The van der Waals surface area contributed by atoms with E-state index in [0.29, 0.717) is 20.5 Å². The third-order valence-electron chi connectivity index (χ3n) is 3.26. The zero-order valence-corrected chi connectivity index (χ0v) is 13.6. The minimum absolute atomic E-state index is 0.0576. The molecule has 1 amide bonds. The molecule has 8 heteroatoms. The molecule has 5 nitrogen and oxygen atoms in total. The van der Waals surface area contributed by atoms with E-state index in [1.165, 1.54) is 41.3 Å². The van der Waals surface area contributed by atoms with Gasteiger partial charge >= 0.3 is 0 Å². The Labute approximate surface area is 145 Å². The van der Waals surface area contributed by atoms with E-state index in [0.717, 1.165) is 11.8 Å².